The number of anilines is 1. The Morgan fingerprint density at radius 3 is 2.43 bits per heavy atom. The van der Waals surface area contributed by atoms with Crippen molar-refractivity contribution in [3.8, 4) is 0 Å². The van der Waals surface area contributed by atoms with Crippen LogP contribution in [0.15, 0.2) is 54.7 Å². The molecule has 4 rings (SSSR count). The Morgan fingerprint density at radius 1 is 1.08 bits per heavy atom. The molecule has 1 fully saturated rings. The monoisotopic (exact) mass is 568 g/mol. The van der Waals surface area contributed by atoms with Crippen LogP contribution in [0.25, 0.3) is 6.08 Å². The first-order valence-corrected chi connectivity index (χ1v) is 12.6. The van der Waals surface area contributed by atoms with Crippen molar-refractivity contribution in [3.05, 3.63) is 92.5 Å². The molecule has 0 aliphatic carbocycles. The van der Waals surface area contributed by atoms with Crippen LogP contribution in [-0.2, 0) is 6.18 Å². The van der Waals surface area contributed by atoms with Gasteiger partial charge in [0.2, 0.25) is 0 Å². The topological polar surface area (TPSA) is 58.1 Å². The van der Waals surface area contributed by atoms with Crippen LogP contribution in [0.1, 0.15) is 46.1 Å². The van der Waals surface area contributed by atoms with Crippen LogP contribution < -0.4 is 5.32 Å². The van der Waals surface area contributed by atoms with Crippen molar-refractivity contribution in [1.29, 1.82) is 0 Å². The maximum absolute atomic E-state index is 13.6. The summed E-state index contributed by atoms with van der Waals surface area (Å²) in [5.74, 6) is -0.834. The number of nitrogens with one attached hydrogen (secondary N) is 1. The van der Waals surface area contributed by atoms with Gasteiger partial charge in [-0.1, -0.05) is 59.1 Å². The molecule has 0 unspecified atom stereocenters. The lowest BCUT2D eigenvalue weighted by Crippen LogP contribution is -2.33. The molecule has 194 valence electrons. The molecule has 0 radical (unpaired) electrons. The van der Waals surface area contributed by atoms with E-state index in [0.29, 0.717) is 37.5 Å². The van der Waals surface area contributed by atoms with Crippen LogP contribution in [0.2, 0.25) is 15.2 Å². The van der Waals surface area contributed by atoms with Crippen LogP contribution >= 0.6 is 34.8 Å². The van der Waals surface area contributed by atoms with Crippen LogP contribution in [0, 0.1) is 0 Å². The fourth-order valence-corrected chi connectivity index (χ4v) is 4.71. The Morgan fingerprint density at radius 2 is 1.78 bits per heavy atom. The molecular weight excluding hydrogens is 548 g/mol. The fraction of sp³-hybridized carbons (Fsp3) is 0.269. The number of hydrogen-bond acceptors (Lipinski definition) is 4. The summed E-state index contributed by atoms with van der Waals surface area (Å²) in [6.07, 6.45) is 1.83. The molecule has 1 N–H and O–H groups in total. The number of halogens is 6. The van der Waals surface area contributed by atoms with E-state index in [4.69, 9.17) is 34.8 Å². The molecule has 11 heteroatoms. The van der Waals surface area contributed by atoms with E-state index in [-0.39, 0.29) is 28.0 Å². The molecule has 1 aliphatic rings. The van der Waals surface area contributed by atoms with Crippen LogP contribution in [0.5, 0.6) is 0 Å². The van der Waals surface area contributed by atoms with Crippen LogP contribution in [0.4, 0.5) is 18.9 Å². The second kappa shape index (κ2) is 11.8. The first-order chi connectivity index (χ1) is 17.6. The van der Waals surface area contributed by atoms with Crippen molar-refractivity contribution in [2.24, 2.45) is 0 Å². The largest absolute Gasteiger partial charge is 0.434 e. The van der Waals surface area contributed by atoms with E-state index in [9.17, 15) is 18.0 Å². The summed E-state index contributed by atoms with van der Waals surface area (Å²) >= 11 is 17.7. The van der Waals surface area contributed by atoms with Crippen molar-refractivity contribution in [3.63, 3.8) is 0 Å². The number of hydrogen-bond donors (Lipinski definition) is 1. The van der Waals surface area contributed by atoms with Gasteiger partial charge in [0, 0.05) is 29.2 Å². The number of rotatable bonds is 6. The zero-order valence-electron chi connectivity index (χ0n) is 19.4. The van der Waals surface area contributed by atoms with Gasteiger partial charge < -0.3 is 5.32 Å². The lowest BCUT2D eigenvalue weighted by Gasteiger charge is -2.32. The minimum Gasteiger partial charge on any atom is -0.320 e. The Bertz CT molecular complexity index is 1290. The van der Waals surface area contributed by atoms with Gasteiger partial charge in [0.15, 0.2) is 5.69 Å². The third-order valence-electron chi connectivity index (χ3n) is 6.03. The van der Waals surface area contributed by atoms with Crippen molar-refractivity contribution < 1.29 is 18.0 Å². The zero-order valence-corrected chi connectivity index (χ0v) is 21.7. The molecule has 0 atom stereocenters. The minimum atomic E-state index is -4.72. The number of carbonyl (C=O) groups excluding carboxylic acids is 1. The summed E-state index contributed by atoms with van der Waals surface area (Å²) in [5.41, 5.74) is 0.394. The van der Waals surface area contributed by atoms with Gasteiger partial charge >= 0.3 is 6.18 Å². The minimum absolute atomic E-state index is 0.119. The Labute approximate surface area is 227 Å². The van der Waals surface area contributed by atoms with Crippen molar-refractivity contribution >= 4 is 52.5 Å². The van der Waals surface area contributed by atoms with Gasteiger partial charge in [0.05, 0.1) is 16.4 Å². The molecule has 3 aromatic rings. The van der Waals surface area contributed by atoms with Gasteiger partial charge in [-0.2, -0.15) is 13.2 Å². The van der Waals surface area contributed by atoms with Gasteiger partial charge in [0.25, 0.3) is 5.91 Å². The number of pyridine rings is 2. The van der Waals surface area contributed by atoms with Crippen LogP contribution in [-0.4, -0.2) is 40.4 Å². The van der Waals surface area contributed by atoms with Gasteiger partial charge in [0.1, 0.15) is 5.15 Å². The number of alkyl halides is 3. The molecule has 1 aliphatic heterocycles. The number of likely N-dealkylation sites (tertiary alicyclic amines) is 1. The summed E-state index contributed by atoms with van der Waals surface area (Å²) in [6, 6.07) is 11.4. The molecule has 1 saturated heterocycles. The van der Waals surface area contributed by atoms with E-state index in [0.717, 1.165) is 11.6 Å². The highest BCUT2D eigenvalue weighted by Gasteiger charge is 2.37. The molecule has 37 heavy (non-hydrogen) atoms. The average Bonchev–Trinajstić information content (AvgIpc) is 2.85. The quantitative estimate of drug-likeness (QED) is 0.311. The number of aromatic nitrogens is 2. The van der Waals surface area contributed by atoms with E-state index in [1.165, 1.54) is 18.3 Å². The van der Waals surface area contributed by atoms with Gasteiger partial charge in [-0.3, -0.25) is 9.69 Å². The number of benzene rings is 1. The summed E-state index contributed by atoms with van der Waals surface area (Å²) in [5, 5.41) is 2.87. The van der Waals surface area contributed by atoms with Crippen molar-refractivity contribution in [1.82, 2.24) is 14.9 Å². The molecule has 0 bridgehead atoms. The standard InChI is InChI=1S/C26H22Cl3F3N4O/c27-19-5-3-16(4-6-19)2-1-11-36-12-8-17(9-13-36)23-21(15-20(28)24(35-23)26(30,31)32)34-25(37)18-7-10-33-22(29)14-18/h1-7,10,14-15,17H,8-9,11-13H2,(H,34,37)/b2-1+. The van der Waals surface area contributed by atoms with E-state index >= 15 is 0 Å². The molecule has 0 saturated carbocycles. The number of nitrogens with zero attached hydrogens (tertiary/aromatic N) is 3. The SMILES string of the molecule is O=C(Nc1cc(Cl)c(C(F)(F)F)nc1C1CCN(C/C=C/c2ccc(Cl)cc2)CC1)c1ccnc(Cl)c1. The predicted molar refractivity (Wildman–Crippen MR) is 140 cm³/mol. The second-order valence-electron chi connectivity index (χ2n) is 8.60. The number of piperidine rings is 1. The predicted octanol–water partition coefficient (Wildman–Crippen LogP) is 7.60. The normalized spacial score (nSPS) is 15.3. The highest BCUT2D eigenvalue weighted by atomic mass is 35.5. The summed E-state index contributed by atoms with van der Waals surface area (Å²) in [6.45, 7) is 2.02. The summed E-state index contributed by atoms with van der Waals surface area (Å²) in [4.78, 5) is 22.7. The molecule has 2 aromatic heterocycles. The van der Waals surface area contributed by atoms with E-state index in [2.05, 4.69) is 20.2 Å². The Balaban J connectivity index is 1.50. The Kier molecular flexibility index (Phi) is 8.75. The maximum Gasteiger partial charge on any atom is 0.434 e. The first kappa shape index (κ1) is 27.4. The first-order valence-electron chi connectivity index (χ1n) is 11.4. The molecule has 0 spiro atoms. The molecule has 3 heterocycles. The lowest BCUT2D eigenvalue weighted by molar-refractivity contribution is -0.141. The number of carbonyl (C=O) groups is 1. The summed E-state index contributed by atoms with van der Waals surface area (Å²) in [7, 11) is 0. The third-order valence-corrected chi connectivity index (χ3v) is 6.78. The molecular formula is C26H22Cl3F3N4O. The Hall–Kier alpha value is -2.65. The van der Waals surface area contributed by atoms with E-state index in [1.807, 2.05) is 36.4 Å². The maximum atomic E-state index is 13.6. The highest BCUT2D eigenvalue weighted by molar-refractivity contribution is 6.32. The summed E-state index contributed by atoms with van der Waals surface area (Å²) < 4.78 is 40.8. The highest BCUT2D eigenvalue weighted by Crippen LogP contribution is 2.39. The lowest BCUT2D eigenvalue weighted by atomic mass is 9.91. The van der Waals surface area contributed by atoms with Crippen molar-refractivity contribution in [2.45, 2.75) is 24.9 Å². The fourth-order valence-electron chi connectivity index (χ4n) is 4.15. The second-order valence-corrected chi connectivity index (χ2v) is 9.83. The molecule has 1 amide bonds. The van der Waals surface area contributed by atoms with Gasteiger partial charge in [-0.15, -0.1) is 0 Å². The average molecular weight is 570 g/mol. The zero-order chi connectivity index (χ0) is 26.6. The molecule has 1 aromatic carbocycles. The van der Waals surface area contributed by atoms with Gasteiger partial charge in [-0.25, -0.2) is 9.97 Å². The number of amides is 1. The molecule has 5 nitrogen and oxygen atoms in total. The smallest absolute Gasteiger partial charge is 0.320 e. The van der Waals surface area contributed by atoms with E-state index < -0.39 is 22.8 Å². The van der Waals surface area contributed by atoms with Gasteiger partial charge in [-0.05, 0) is 61.8 Å². The van der Waals surface area contributed by atoms with Crippen molar-refractivity contribution in [2.75, 3.05) is 25.0 Å². The third kappa shape index (κ3) is 7.23. The van der Waals surface area contributed by atoms with Crippen LogP contribution in [0.3, 0.4) is 0 Å². The van der Waals surface area contributed by atoms with E-state index in [1.54, 1.807) is 0 Å².